The summed E-state index contributed by atoms with van der Waals surface area (Å²) in [5.74, 6) is 1.69. The molecule has 6 rings (SSSR count). The molecular weight excluding hydrogens is 595 g/mol. The van der Waals surface area contributed by atoms with Gasteiger partial charge in [-0.2, -0.15) is 9.59 Å². The number of methoxy groups -OCH3 is 1. The minimum absolute atomic E-state index is 0. The van der Waals surface area contributed by atoms with Crippen molar-refractivity contribution >= 4 is 48.0 Å². The molecule has 239 valence electrons. The maximum absolute atomic E-state index is 11.9. The molecule has 0 spiro atoms. The number of benzene rings is 4. The van der Waals surface area contributed by atoms with E-state index in [1.165, 1.54) is 0 Å². The first-order chi connectivity index (χ1) is 21.3. The van der Waals surface area contributed by atoms with Gasteiger partial charge in [-0.05, 0) is 24.3 Å². The van der Waals surface area contributed by atoms with E-state index in [1.54, 1.807) is 43.5 Å². The minimum atomic E-state index is -0.404. The molecule has 11 nitrogen and oxygen atoms in total. The van der Waals surface area contributed by atoms with Crippen LogP contribution in [-0.2, 0) is 30.0 Å². The van der Waals surface area contributed by atoms with E-state index in [-0.39, 0.29) is 63.1 Å². The molecule has 0 unspecified atom stereocenters. The Morgan fingerprint density at radius 3 is 1.61 bits per heavy atom. The number of ether oxygens (including phenoxy) is 4. The lowest BCUT2D eigenvalue weighted by atomic mass is 9.78. The van der Waals surface area contributed by atoms with Gasteiger partial charge in [0.1, 0.15) is 41.1 Å². The number of aromatic hydroxyl groups is 2. The second-order valence-electron chi connectivity index (χ2n) is 11.8. The number of carbonyl (C=O) groups is 2. The normalized spacial score (nSPS) is 15.2. The summed E-state index contributed by atoms with van der Waals surface area (Å²) < 4.78 is 21.6. The Balaban J connectivity index is 0.000000227. The lowest BCUT2D eigenvalue weighted by molar-refractivity contribution is -0.191. The topological polar surface area (TPSA) is 166 Å². The van der Waals surface area contributed by atoms with E-state index < -0.39 is 5.41 Å². The molecule has 2 aliphatic rings. The summed E-state index contributed by atoms with van der Waals surface area (Å²) in [6, 6.07) is 14.0. The molecule has 4 aromatic rings. The molecule has 0 amide bonds. The molecule has 0 fully saturated rings. The Labute approximate surface area is 267 Å². The number of aliphatic hydroxyl groups excluding tert-OH is 1. The van der Waals surface area contributed by atoms with Gasteiger partial charge in [0, 0.05) is 41.1 Å². The number of hydrogen-bond donors (Lipinski definition) is 3. The third-order valence-corrected chi connectivity index (χ3v) is 7.74. The zero-order valence-electron chi connectivity index (χ0n) is 26.1. The van der Waals surface area contributed by atoms with Crippen LogP contribution in [0, 0.1) is 0 Å². The number of phenols is 2. The second kappa shape index (κ2) is 13.9. The minimum Gasteiger partial charge on any atom is -0.507 e. The average molecular weight is 629 g/mol. The lowest BCUT2D eigenvalue weighted by Crippen LogP contribution is -2.30. The highest BCUT2D eigenvalue weighted by molar-refractivity contribution is 6.02. The average Bonchev–Trinajstić information content (AvgIpc) is 2.97. The summed E-state index contributed by atoms with van der Waals surface area (Å²) >= 11 is 0. The fraction of sp³-hybridized carbons (Fsp3) is 0.324. The van der Waals surface area contributed by atoms with Crippen LogP contribution < -0.4 is 18.9 Å². The molecule has 4 aromatic carbocycles. The number of fused-ring (bicyclic) bond motifs is 6. The van der Waals surface area contributed by atoms with Gasteiger partial charge in [-0.1, -0.05) is 52.0 Å². The van der Waals surface area contributed by atoms with Crippen molar-refractivity contribution in [3.63, 3.8) is 0 Å². The van der Waals surface area contributed by atoms with E-state index in [4.69, 9.17) is 33.6 Å². The van der Waals surface area contributed by atoms with Crippen LogP contribution in [0.25, 0.3) is 21.5 Å². The number of esters is 2. The van der Waals surface area contributed by atoms with Crippen molar-refractivity contribution in [3.05, 3.63) is 59.7 Å². The molecule has 0 saturated carbocycles. The van der Waals surface area contributed by atoms with Gasteiger partial charge in [-0.25, -0.2) is 0 Å². The molecule has 12 heteroatoms. The smallest absolute Gasteiger partial charge is 0.373 e. The number of aliphatic hydroxyl groups is 1. The first-order valence-corrected chi connectivity index (χ1v) is 14.1. The first-order valence-electron chi connectivity index (χ1n) is 14.1. The Hall–Kier alpha value is -5.06. The van der Waals surface area contributed by atoms with Crippen LogP contribution in [0.5, 0.6) is 34.5 Å². The summed E-state index contributed by atoms with van der Waals surface area (Å²) in [4.78, 5) is 39.9. The quantitative estimate of drug-likeness (QED) is 0.163. The third-order valence-electron chi connectivity index (χ3n) is 7.74. The summed E-state index contributed by atoms with van der Waals surface area (Å²) in [6.45, 7) is 7.84. The highest BCUT2D eigenvalue weighted by Crippen LogP contribution is 2.49. The van der Waals surface area contributed by atoms with Crippen molar-refractivity contribution in [3.8, 4) is 34.5 Å². The molecule has 2 heterocycles. The van der Waals surface area contributed by atoms with Crippen molar-refractivity contribution in [2.24, 2.45) is 0 Å². The van der Waals surface area contributed by atoms with E-state index in [0.717, 1.165) is 11.1 Å². The predicted molar refractivity (Wildman–Crippen MR) is 168 cm³/mol. The number of carbonyl (C=O) groups excluding carboxylic acids is 4. The van der Waals surface area contributed by atoms with Crippen LogP contribution in [0.15, 0.2) is 48.5 Å². The van der Waals surface area contributed by atoms with Gasteiger partial charge in [0.15, 0.2) is 0 Å². The molecule has 3 radical (unpaired) electrons. The summed E-state index contributed by atoms with van der Waals surface area (Å²) in [7, 11) is 1.55. The number of phenolic OH excluding ortho intramolecular Hbond substituents is 2. The SMILES string of the molecule is CC1(C)CC(=O)Oc2c1cc(O)c1c(OCCO)cccc21.COc1cccc2c3c(cc(O)c12)C(C)(C)CC(=O)O3.O=C=O.[B]. The van der Waals surface area contributed by atoms with Crippen LogP contribution in [-0.4, -0.2) is 62.1 Å². The Kier molecular flexibility index (Phi) is 10.7. The van der Waals surface area contributed by atoms with Gasteiger partial charge >= 0.3 is 18.1 Å². The maximum Gasteiger partial charge on any atom is 0.373 e. The zero-order chi connectivity index (χ0) is 33.1. The molecule has 0 saturated heterocycles. The van der Waals surface area contributed by atoms with Gasteiger partial charge in [0.25, 0.3) is 0 Å². The second-order valence-corrected chi connectivity index (χ2v) is 11.8. The molecule has 46 heavy (non-hydrogen) atoms. The Morgan fingerprint density at radius 2 is 1.20 bits per heavy atom. The van der Waals surface area contributed by atoms with E-state index in [1.807, 2.05) is 39.8 Å². The van der Waals surface area contributed by atoms with Crippen molar-refractivity contribution in [1.29, 1.82) is 0 Å². The van der Waals surface area contributed by atoms with E-state index in [2.05, 4.69) is 0 Å². The van der Waals surface area contributed by atoms with Crippen molar-refractivity contribution in [1.82, 2.24) is 0 Å². The van der Waals surface area contributed by atoms with E-state index >= 15 is 0 Å². The molecule has 3 N–H and O–H groups in total. The molecule has 2 aliphatic heterocycles. The predicted octanol–water partition coefficient (Wildman–Crippen LogP) is 4.68. The highest BCUT2D eigenvalue weighted by atomic mass is 16.5. The van der Waals surface area contributed by atoms with Crippen molar-refractivity contribution in [2.75, 3.05) is 20.3 Å². The monoisotopic (exact) mass is 629 g/mol. The fourth-order valence-corrected chi connectivity index (χ4v) is 5.69. The highest BCUT2D eigenvalue weighted by Gasteiger charge is 2.37. The van der Waals surface area contributed by atoms with Crippen LogP contribution in [0.3, 0.4) is 0 Å². The van der Waals surface area contributed by atoms with Crippen molar-refractivity contribution in [2.45, 2.75) is 51.4 Å². The fourth-order valence-electron chi connectivity index (χ4n) is 5.69. The van der Waals surface area contributed by atoms with Gasteiger partial charge in [-0.3, -0.25) is 9.59 Å². The van der Waals surface area contributed by atoms with Gasteiger partial charge in [-0.15, -0.1) is 0 Å². The van der Waals surface area contributed by atoms with Crippen LogP contribution in [0.1, 0.15) is 51.7 Å². The van der Waals surface area contributed by atoms with Gasteiger partial charge in [0.2, 0.25) is 0 Å². The number of hydrogen-bond acceptors (Lipinski definition) is 11. The first kappa shape index (κ1) is 35.4. The molecule has 0 aliphatic carbocycles. The van der Waals surface area contributed by atoms with Gasteiger partial charge < -0.3 is 34.3 Å². The van der Waals surface area contributed by atoms with Crippen LogP contribution >= 0.6 is 0 Å². The number of rotatable bonds is 4. The third kappa shape index (κ3) is 6.78. The lowest BCUT2D eigenvalue weighted by Gasteiger charge is -2.32. The van der Waals surface area contributed by atoms with E-state index in [0.29, 0.717) is 51.0 Å². The molecular formula is C34H34BO11. The summed E-state index contributed by atoms with van der Waals surface area (Å²) in [6.07, 6.45) is 0.820. The van der Waals surface area contributed by atoms with Crippen LogP contribution in [0.2, 0.25) is 0 Å². The van der Waals surface area contributed by atoms with Crippen LogP contribution in [0.4, 0.5) is 0 Å². The summed E-state index contributed by atoms with van der Waals surface area (Å²) in [5, 5.41) is 32.0. The van der Waals surface area contributed by atoms with Gasteiger partial charge in [0.05, 0.1) is 37.3 Å². The molecule has 0 aromatic heterocycles. The zero-order valence-corrected chi connectivity index (χ0v) is 26.1. The summed E-state index contributed by atoms with van der Waals surface area (Å²) in [5.41, 5.74) is 0.879. The maximum atomic E-state index is 11.9. The largest absolute Gasteiger partial charge is 0.507 e. The Morgan fingerprint density at radius 1 is 0.783 bits per heavy atom. The standard InChI is InChI=1S/C17H18O5.C16H16O4.CO2.B/c1-17(2)9-14(20)22-16-10-4-3-5-13(21-7-6-18)15(10)12(19)8-11(16)17;1-16(2)8-13(18)20-15-9-5-4-6-12(19-3)14(9)11(17)7-10(15)16;2-1-3;/h3-5,8,18-19H,6-7,9H2,1-2H3;4-7,17H,8H2,1-3H3;;. The van der Waals surface area contributed by atoms with Crippen molar-refractivity contribution < 1.29 is 53.4 Å². The molecule has 0 bridgehead atoms. The van der Waals surface area contributed by atoms with E-state index in [9.17, 15) is 19.8 Å². The molecule has 0 atom stereocenters. The Bertz CT molecular complexity index is 1820.